The maximum absolute atomic E-state index is 3.49. The zero-order valence-electron chi connectivity index (χ0n) is 10.4. The second-order valence-corrected chi connectivity index (χ2v) is 5.03. The molecule has 18 heavy (non-hydrogen) atoms. The first-order valence-corrected chi connectivity index (χ1v) is 7.36. The fourth-order valence-electron chi connectivity index (χ4n) is 1.99. The third kappa shape index (κ3) is 3.85. The molecule has 1 heteroatoms. The molecule has 0 spiro atoms. The molecule has 0 aliphatic carbocycles. The molecule has 0 atom stereocenters. The molecule has 0 saturated heterocycles. The van der Waals surface area contributed by atoms with E-state index >= 15 is 0 Å². The van der Waals surface area contributed by atoms with Gasteiger partial charge in [0, 0.05) is 5.33 Å². The Morgan fingerprint density at radius 1 is 0.889 bits per heavy atom. The molecule has 0 aliphatic rings. The predicted molar refractivity (Wildman–Crippen MR) is 83.0 cm³/mol. The molecule has 0 aliphatic heterocycles. The molecular formula is C17H17Br. The monoisotopic (exact) mass is 300 g/mol. The standard InChI is InChI=1S/C17H17Br/c18-13-7-12-17(16-10-5-2-6-11-16)14-15-8-3-1-4-9-15/h1-6,8-12H,7,13-14H2/b17-12-. The summed E-state index contributed by atoms with van der Waals surface area (Å²) in [6, 6.07) is 21.3. The molecule has 92 valence electrons. The number of halogens is 1. The van der Waals surface area contributed by atoms with Gasteiger partial charge in [0.2, 0.25) is 0 Å². The van der Waals surface area contributed by atoms with E-state index in [1.807, 2.05) is 0 Å². The van der Waals surface area contributed by atoms with Gasteiger partial charge in [0.25, 0.3) is 0 Å². The molecule has 0 heterocycles. The highest BCUT2D eigenvalue weighted by atomic mass is 79.9. The smallest absolute Gasteiger partial charge is 0.00661 e. The van der Waals surface area contributed by atoms with E-state index in [1.54, 1.807) is 0 Å². The van der Waals surface area contributed by atoms with Crippen LogP contribution in [-0.4, -0.2) is 5.33 Å². The van der Waals surface area contributed by atoms with Crippen LogP contribution < -0.4 is 0 Å². The van der Waals surface area contributed by atoms with Crippen molar-refractivity contribution in [3.8, 4) is 0 Å². The molecule has 0 radical (unpaired) electrons. The molecule has 0 aromatic heterocycles. The van der Waals surface area contributed by atoms with Crippen molar-refractivity contribution >= 4 is 21.5 Å². The van der Waals surface area contributed by atoms with Gasteiger partial charge < -0.3 is 0 Å². The summed E-state index contributed by atoms with van der Waals surface area (Å²) in [5, 5.41) is 1.01. The van der Waals surface area contributed by atoms with Gasteiger partial charge >= 0.3 is 0 Å². The summed E-state index contributed by atoms with van der Waals surface area (Å²) in [6.07, 6.45) is 4.39. The fourth-order valence-corrected chi connectivity index (χ4v) is 2.22. The minimum atomic E-state index is 0.998. The maximum atomic E-state index is 3.49. The van der Waals surface area contributed by atoms with Crippen LogP contribution in [0.25, 0.3) is 5.57 Å². The van der Waals surface area contributed by atoms with E-state index in [0.717, 1.165) is 18.2 Å². The third-order valence-electron chi connectivity index (χ3n) is 2.88. The Morgan fingerprint density at radius 3 is 2.11 bits per heavy atom. The highest BCUT2D eigenvalue weighted by molar-refractivity contribution is 9.09. The quantitative estimate of drug-likeness (QED) is 0.674. The van der Waals surface area contributed by atoms with E-state index < -0.39 is 0 Å². The number of hydrogen-bond donors (Lipinski definition) is 0. The van der Waals surface area contributed by atoms with Crippen LogP contribution in [0.1, 0.15) is 17.5 Å². The molecule has 2 aromatic carbocycles. The van der Waals surface area contributed by atoms with Gasteiger partial charge in [0.15, 0.2) is 0 Å². The number of rotatable bonds is 5. The zero-order valence-corrected chi connectivity index (χ0v) is 11.9. The number of alkyl halides is 1. The highest BCUT2D eigenvalue weighted by Crippen LogP contribution is 2.20. The van der Waals surface area contributed by atoms with Gasteiger partial charge in [-0.2, -0.15) is 0 Å². The summed E-state index contributed by atoms with van der Waals surface area (Å²) in [7, 11) is 0. The topological polar surface area (TPSA) is 0 Å². The minimum absolute atomic E-state index is 0.998. The average Bonchev–Trinajstić information content (AvgIpc) is 2.45. The van der Waals surface area contributed by atoms with Crippen LogP contribution in [0.3, 0.4) is 0 Å². The summed E-state index contributed by atoms with van der Waals surface area (Å²) in [6.45, 7) is 0. The second kappa shape index (κ2) is 7.17. The van der Waals surface area contributed by atoms with Crippen molar-refractivity contribution in [1.82, 2.24) is 0 Å². The van der Waals surface area contributed by atoms with Gasteiger partial charge in [-0.25, -0.2) is 0 Å². The maximum Gasteiger partial charge on any atom is 0.00661 e. The van der Waals surface area contributed by atoms with E-state index in [4.69, 9.17) is 0 Å². The molecule has 0 saturated carbocycles. The first-order valence-electron chi connectivity index (χ1n) is 6.24. The molecule has 0 amide bonds. The molecule has 0 bridgehead atoms. The van der Waals surface area contributed by atoms with Gasteiger partial charge in [-0.05, 0) is 29.5 Å². The van der Waals surface area contributed by atoms with E-state index in [2.05, 4.69) is 82.7 Å². The first-order chi connectivity index (χ1) is 8.90. The summed E-state index contributed by atoms with van der Waals surface area (Å²) in [4.78, 5) is 0. The third-order valence-corrected chi connectivity index (χ3v) is 3.34. The SMILES string of the molecule is BrCC/C=C(/Cc1ccccc1)c1ccccc1. The summed E-state index contributed by atoms with van der Waals surface area (Å²) in [5.41, 5.74) is 4.09. The van der Waals surface area contributed by atoms with Gasteiger partial charge in [0.1, 0.15) is 0 Å². The van der Waals surface area contributed by atoms with Gasteiger partial charge in [0.05, 0.1) is 0 Å². The number of benzene rings is 2. The van der Waals surface area contributed by atoms with Crippen molar-refractivity contribution in [2.75, 3.05) is 5.33 Å². The Labute approximate surface area is 117 Å². The molecule has 0 unspecified atom stereocenters. The van der Waals surface area contributed by atoms with E-state index in [1.165, 1.54) is 16.7 Å². The Morgan fingerprint density at radius 2 is 1.50 bits per heavy atom. The normalized spacial score (nSPS) is 11.5. The lowest BCUT2D eigenvalue weighted by Gasteiger charge is -2.08. The summed E-state index contributed by atoms with van der Waals surface area (Å²) < 4.78 is 0. The Bertz CT molecular complexity index is 486. The molecule has 0 fully saturated rings. The van der Waals surface area contributed by atoms with E-state index in [0.29, 0.717) is 0 Å². The largest absolute Gasteiger partial charge is 0.0925 e. The number of hydrogen-bond acceptors (Lipinski definition) is 0. The molecule has 0 nitrogen and oxygen atoms in total. The fraction of sp³-hybridized carbons (Fsp3) is 0.176. The van der Waals surface area contributed by atoms with Crippen molar-refractivity contribution < 1.29 is 0 Å². The van der Waals surface area contributed by atoms with Gasteiger partial charge in [-0.15, -0.1) is 0 Å². The molecular weight excluding hydrogens is 284 g/mol. The average molecular weight is 301 g/mol. The predicted octanol–water partition coefficient (Wildman–Crippen LogP) is 5.10. The van der Waals surface area contributed by atoms with Crippen molar-refractivity contribution in [1.29, 1.82) is 0 Å². The lowest BCUT2D eigenvalue weighted by Crippen LogP contribution is -1.91. The minimum Gasteiger partial charge on any atom is -0.0925 e. The van der Waals surface area contributed by atoms with Crippen LogP contribution in [0.4, 0.5) is 0 Å². The zero-order chi connectivity index (χ0) is 12.6. The van der Waals surface area contributed by atoms with Gasteiger partial charge in [-0.1, -0.05) is 82.7 Å². The molecule has 0 N–H and O–H groups in total. The Balaban J connectivity index is 2.22. The number of allylic oxidation sites excluding steroid dienone is 2. The lowest BCUT2D eigenvalue weighted by molar-refractivity contribution is 1.21. The van der Waals surface area contributed by atoms with Crippen molar-refractivity contribution in [3.63, 3.8) is 0 Å². The highest BCUT2D eigenvalue weighted by Gasteiger charge is 2.02. The summed E-state index contributed by atoms with van der Waals surface area (Å²) >= 11 is 3.49. The van der Waals surface area contributed by atoms with Crippen LogP contribution in [0.15, 0.2) is 66.7 Å². The van der Waals surface area contributed by atoms with Crippen LogP contribution in [0.5, 0.6) is 0 Å². The van der Waals surface area contributed by atoms with Crippen molar-refractivity contribution in [3.05, 3.63) is 77.9 Å². The molecule has 2 rings (SSSR count). The summed E-state index contributed by atoms with van der Waals surface area (Å²) in [5.74, 6) is 0. The van der Waals surface area contributed by atoms with Crippen LogP contribution in [-0.2, 0) is 6.42 Å². The van der Waals surface area contributed by atoms with Gasteiger partial charge in [-0.3, -0.25) is 0 Å². The van der Waals surface area contributed by atoms with Crippen molar-refractivity contribution in [2.45, 2.75) is 12.8 Å². The van der Waals surface area contributed by atoms with E-state index in [-0.39, 0.29) is 0 Å². The molecule has 2 aromatic rings. The Hall–Kier alpha value is -1.34. The van der Waals surface area contributed by atoms with Crippen molar-refractivity contribution in [2.24, 2.45) is 0 Å². The lowest BCUT2D eigenvalue weighted by atomic mass is 9.97. The first kappa shape index (κ1) is 13.1. The van der Waals surface area contributed by atoms with Crippen LogP contribution >= 0.6 is 15.9 Å². The van der Waals surface area contributed by atoms with Crippen LogP contribution in [0.2, 0.25) is 0 Å². The second-order valence-electron chi connectivity index (χ2n) is 4.24. The Kier molecular flexibility index (Phi) is 5.22. The van der Waals surface area contributed by atoms with E-state index in [9.17, 15) is 0 Å². The van der Waals surface area contributed by atoms with Crippen LogP contribution in [0, 0.1) is 0 Å².